The Balaban J connectivity index is 0.000000980. The molecule has 2 atom stereocenters. The Bertz CT molecular complexity index is 233. The normalized spacial score (nSPS) is 35.1. The van der Waals surface area contributed by atoms with Crippen LogP contribution < -0.4 is 29.3 Å². The van der Waals surface area contributed by atoms with Crippen molar-refractivity contribution in [2.75, 3.05) is 33.9 Å². The van der Waals surface area contributed by atoms with E-state index in [9.17, 15) is 4.79 Å². The summed E-state index contributed by atoms with van der Waals surface area (Å²) in [7, 11) is 4.39. The number of morpholine rings is 1. The lowest BCUT2D eigenvalue weighted by Crippen LogP contribution is -3.00. The second kappa shape index (κ2) is 4.32. The van der Waals surface area contributed by atoms with E-state index in [0.717, 1.165) is 24.2 Å². The molecule has 0 aromatic carbocycles. The quantitative estimate of drug-likeness (QED) is 0.370. The first-order valence-corrected chi connectivity index (χ1v) is 4.78. The summed E-state index contributed by atoms with van der Waals surface area (Å²) >= 11 is 0. The van der Waals surface area contributed by atoms with Crippen LogP contribution in [0.15, 0.2) is 0 Å². The number of hydrogen-bond donors (Lipinski definition) is 1. The summed E-state index contributed by atoms with van der Waals surface area (Å²) in [6.07, 6.45) is 0.601. The number of amides is 1. The Morgan fingerprint density at radius 1 is 1.36 bits per heavy atom. The van der Waals surface area contributed by atoms with Crippen LogP contribution in [0.4, 0.5) is 0 Å². The lowest BCUT2D eigenvalue weighted by Gasteiger charge is -2.45. The van der Waals surface area contributed by atoms with Crippen molar-refractivity contribution < 1.29 is 38.0 Å². The van der Waals surface area contributed by atoms with Crippen molar-refractivity contribution >= 4 is 5.91 Å². The zero-order valence-corrected chi connectivity index (χ0v) is 10.8. The molecule has 0 spiro atoms. The highest BCUT2D eigenvalue weighted by Gasteiger charge is 2.43. The predicted molar refractivity (Wildman–Crippen MR) is 48.1 cm³/mol. The number of likely N-dealkylation sites (N-methyl/N-ethyl adjacent to an activating group) is 1. The fourth-order valence-corrected chi connectivity index (χ4v) is 2.13. The Morgan fingerprint density at radius 3 is 2.71 bits per heavy atom. The van der Waals surface area contributed by atoms with Gasteiger partial charge < -0.3 is 38.5 Å². The highest BCUT2D eigenvalue weighted by Crippen LogP contribution is 2.23. The van der Waals surface area contributed by atoms with Crippen LogP contribution in [-0.4, -0.2) is 56.3 Å². The van der Waals surface area contributed by atoms with E-state index in [1.807, 2.05) is 0 Å². The van der Waals surface area contributed by atoms with E-state index in [1.54, 1.807) is 0 Å². The van der Waals surface area contributed by atoms with Crippen LogP contribution in [0.25, 0.3) is 0 Å². The second-order valence-electron chi connectivity index (χ2n) is 4.48. The van der Waals surface area contributed by atoms with Crippen molar-refractivity contribution in [2.24, 2.45) is 0 Å². The molecule has 4 nitrogen and oxygen atoms in total. The number of fused-ring (bicyclic) bond motifs is 2. The first-order valence-electron chi connectivity index (χ1n) is 4.78. The fourth-order valence-electron chi connectivity index (χ4n) is 2.13. The number of carbonyl (C=O) groups is 1. The number of halogens is 1. The summed E-state index contributed by atoms with van der Waals surface area (Å²) in [6, 6.07) is 0.756. The fraction of sp³-hybridized carbons (Fsp3) is 0.889. The van der Waals surface area contributed by atoms with E-state index in [4.69, 9.17) is 4.74 Å². The standard InChI is InChI=1S/C9H16N2O2.HI/c1-11(2)7-3-9(12)10-4-8(11)6-13-5-7;/h7-8H,3-6H2,1-2H3;1H. The summed E-state index contributed by atoms with van der Waals surface area (Å²) in [5.41, 5.74) is 0. The first kappa shape index (κ1) is 12.2. The van der Waals surface area contributed by atoms with Crippen molar-refractivity contribution in [3.63, 3.8) is 0 Å². The molecule has 1 amide bonds. The van der Waals surface area contributed by atoms with E-state index < -0.39 is 0 Å². The van der Waals surface area contributed by atoms with Crippen LogP contribution in [-0.2, 0) is 9.53 Å². The lowest BCUT2D eigenvalue weighted by molar-refractivity contribution is -0.944. The number of hydrogen-bond acceptors (Lipinski definition) is 2. The SMILES string of the molecule is C[N+]1(C)C2CNC(=O)CC1COC2.[I-]. The molecule has 0 aromatic rings. The number of carbonyl (C=O) groups excluding carboxylic acids is 1. The first-order chi connectivity index (χ1) is 6.10. The molecule has 0 saturated carbocycles. The topological polar surface area (TPSA) is 38.3 Å². The molecule has 2 aliphatic rings. The van der Waals surface area contributed by atoms with Crippen LogP contribution >= 0.6 is 0 Å². The molecule has 2 saturated heterocycles. The summed E-state index contributed by atoms with van der Waals surface area (Å²) in [5.74, 6) is 0.171. The van der Waals surface area contributed by atoms with Gasteiger partial charge in [-0.2, -0.15) is 0 Å². The largest absolute Gasteiger partial charge is 1.00 e. The number of rotatable bonds is 0. The molecule has 2 aliphatic heterocycles. The molecule has 82 valence electrons. The van der Waals surface area contributed by atoms with E-state index in [-0.39, 0.29) is 29.9 Å². The monoisotopic (exact) mass is 312 g/mol. The van der Waals surface area contributed by atoms with Crippen molar-refractivity contribution in [3.8, 4) is 0 Å². The molecule has 0 aromatic heterocycles. The van der Waals surface area contributed by atoms with Gasteiger partial charge in [-0.15, -0.1) is 0 Å². The maximum atomic E-state index is 11.3. The molecule has 14 heavy (non-hydrogen) atoms. The Labute approximate surface area is 102 Å². The summed E-state index contributed by atoms with van der Waals surface area (Å²) in [6.45, 7) is 2.24. The third-order valence-corrected chi connectivity index (χ3v) is 3.46. The van der Waals surface area contributed by atoms with Gasteiger partial charge in [0.15, 0.2) is 0 Å². The van der Waals surface area contributed by atoms with Gasteiger partial charge in [-0.1, -0.05) is 0 Å². The van der Waals surface area contributed by atoms with Gasteiger partial charge in [0.1, 0.15) is 18.7 Å². The van der Waals surface area contributed by atoms with Crippen LogP contribution in [0.3, 0.4) is 0 Å². The second-order valence-corrected chi connectivity index (χ2v) is 4.48. The van der Waals surface area contributed by atoms with Crippen LogP contribution in [0.2, 0.25) is 0 Å². The zero-order chi connectivity index (χ0) is 9.47. The Kier molecular flexibility index (Phi) is 3.76. The van der Waals surface area contributed by atoms with E-state index in [2.05, 4.69) is 19.4 Å². The summed E-state index contributed by atoms with van der Waals surface area (Å²) < 4.78 is 6.41. The van der Waals surface area contributed by atoms with Gasteiger partial charge in [0.05, 0.1) is 33.7 Å². The molecular weight excluding hydrogens is 295 g/mol. The smallest absolute Gasteiger partial charge is 0.226 e. The molecule has 2 bridgehead atoms. The Morgan fingerprint density at radius 2 is 2.00 bits per heavy atom. The molecule has 2 rings (SSSR count). The molecule has 2 unspecified atom stereocenters. The van der Waals surface area contributed by atoms with Crippen LogP contribution in [0, 0.1) is 0 Å². The van der Waals surface area contributed by atoms with Gasteiger partial charge in [-0.25, -0.2) is 0 Å². The van der Waals surface area contributed by atoms with E-state index in [0.29, 0.717) is 18.5 Å². The van der Waals surface area contributed by atoms with Crippen molar-refractivity contribution in [3.05, 3.63) is 0 Å². The third-order valence-electron chi connectivity index (χ3n) is 3.46. The maximum absolute atomic E-state index is 11.3. The number of nitrogens with zero attached hydrogens (tertiary/aromatic N) is 1. The van der Waals surface area contributed by atoms with Gasteiger partial charge in [0.2, 0.25) is 5.91 Å². The number of quaternary nitrogens is 1. The molecule has 2 fully saturated rings. The molecular formula is C9H17IN2O2. The number of ether oxygens (including phenoxy) is 1. The van der Waals surface area contributed by atoms with Gasteiger partial charge >= 0.3 is 0 Å². The number of nitrogens with one attached hydrogen (secondary N) is 1. The van der Waals surface area contributed by atoms with Crippen LogP contribution in [0.1, 0.15) is 6.42 Å². The minimum Gasteiger partial charge on any atom is -1.00 e. The predicted octanol–water partition coefficient (Wildman–Crippen LogP) is -3.65. The maximum Gasteiger partial charge on any atom is 0.226 e. The third kappa shape index (κ3) is 2.04. The van der Waals surface area contributed by atoms with Crippen LogP contribution in [0.5, 0.6) is 0 Å². The lowest BCUT2D eigenvalue weighted by atomic mass is 10.1. The highest BCUT2D eigenvalue weighted by atomic mass is 127. The highest BCUT2D eigenvalue weighted by molar-refractivity contribution is 5.76. The van der Waals surface area contributed by atoms with Gasteiger partial charge in [-0.3, -0.25) is 4.79 Å². The average Bonchev–Trinajstić information content (AvgIpc) is 2.17. The molecule has 0 aliphatic carbocycles. The summed E-state index contributed by atoms with van der Waals surface area (Å²) in [5, 5.41) is 2.94. The zero-order valence-electron chi connectivity index (χ0n) is 8.62. The van der Waals surface area contributed by atoms with Crippen molar-refractivity contribution in [2.45, 2.75) is 18.5 Å². The summed E-state index contributed by atoms with van der Waals surface area (Å²) in [4.78, 5) is 11.3. The minimum atomic E-state index is 0. The molecule has 1 N–H and O–H groups in total. The van der Waals surface area contributed by atoms with E-state index in [1.165, 1.54) is 0 Å². The van der Waals surface area contributed by atoms with Crippen molar-refractivity contribution in [1.29, 1.82) is 0 Å². The van der Waals surface area contributed by atoms with Gasteiger partial charge in [0, 0.05) is 0 Å². The van der Waals surface area contributed by atoms with Gasteiger partial charge in [0.25, 0.3) is 0 Å². The Hall–Kier alpha value is 0.120. The average molecular weight is 312 g/mol. The van der Waals surface area contributed by atoms with Crippen molar-refractivity contribution in [1.82, 2.24) is 5.32 Å². The molecule has 5 heteroatoms. The molecule has 0 radical (unpaired) electrons. The van der Waals surface area contributed by atoms with E-state index >= 15 is 0 Å². The molecule has 2 heterocycles. The minimum absolute atomic E-state index is 0. The van der Waals surface area contributed by atoms with Gasteiger partial charge in [-0.05, 0) is 0 Å².